The monoisotopic (exact) mass is 689 g/mol. The Hall–Kier alpha value is -2.34. The first-order valence-electron chi connectivity index (χ1n) is 20.1. The van der Waals surface area contributed by atoms with Gasteiger partial charge in [0.1, 0.15) is 5.60 Å². The van der Waals surface area contributed by atoms with Crippen LogP contribution in [0, 0.1) is 57.2 Å². The van der Waals surface area contributed by atoms with Gasteiger partial charge in [0.15, 0.2) is 0 Å². The fourth-order valence-corrected chi connectivity index (χ4v) is 13.5. The van der Waals surface area contributed by atoms with Gasteiger partial charge in [0, 0.05) is 12.1 Å². The first kappa shape index (κ1) is 37.4. The predicted octanol–water partition coefficient (Wildman–Crippen LogP) is 10.4. The molecule has 4 saturated carbocycles. The molecule has 9 atom stereocenters. The minimum Gasteiger partial charge on any atom is -0.478 e. The third-order valence-electron chi connectivity index (χ3n) is 15.9. The van der Waals surface area contributed by atoms with Crippen LogP contribution in [0.3, 0.4) is 0 Å². The van der Waals surface area contributed by atoms with Crippen molar-refractivity contribution in [3.05, 3.63) is 41.5 Å². The number of carboxylic acids is 1. The average molecular weight is 689 g/mol. The van der Waals surface area contributed by atoms with Crippen molar-refractivity contribution in [2.45, 2.75) is 145 Å². The number of carboxylic acid groups (broad SMARTS) is 1. The van der Waals surface area contributed by atoms with Crippen LogP contribution in [0.15, 0.2) is 30.3 Å². The lowest BCUT2D eigenvalue weighted by Gasteiger charge is -2.72. The third kappa shape index (κ3) is 6.05. The molecule has 0 aliphatic heterocycles. The van der Waals surface area contributed by atoms with Crippen LogP contribution in [0.25, 0.3) is 5.57 Å². The Balaban J connectivity index is 1.22. The number of hydrogen-bond acceptors (Lipinski definition) is 4. The Kier molecular flexibility index (Phi) is 9.69. The number of allylic oxidation sites excluding steroid dienone is 2. The number of carbonyl (C=O) groups excluding carboxylic acids is 1. The summed E-state index contributed by atoms with van der Waals surface area (Å²) in [6, 6.07) is 7.61. The van der Waals surface area contributed by atoms with Gasteiger partial charge < -0.3 is 20.5 Å². The van der Waals surface area contributed by atoms with Gasteiger partial charge in [0.05, 0.1) is 5.56 Å². The molecule has 6 rings (SSSR count). The quantitative estimate of drug-likeness (QED) is 0.237. The molecule has 0 spiro atoms. The van der Waals surface area contributed by atoms with Gasteiger partial charge in [-0.1, -0.05) is 66.7 Å². The molecule has 0 aromatic heterocycles. The minimum absolute atomic E-state index is 0.0228. The lowest BCUT2D eigenvalue weighted by molar-refractivity contribution is -0.221. The highest BCUT2D eigenvalue weighted by Crippen LogP contribution is 2.76. The third-order valence-corrected chi connectivity index (χ3v) is 15.9. The number of carbonyl (C=O) groups is 2. The number of nitrogens with one attached hydrogen (secondary N) is 2. The molecule has 0 saturated heterocycles. The van der Waals surface area contributed by atoms with E-state index < -0.39 is 11.6 Å². The summed E-state index contributed by atoms with van der Waals surface area (Å²) >= 11 is 0. The van der Waals surface area contributed by atoms with Crippen molar-refractivity contribution in [3.63, 3.8) is 0 Å². The molecular formula is C44H68N2O4. The van der Waals surface area contributed by atoms with Gasteiger partial charge in [0.25, 0.3) is 0 Å². The van der Waals surface area contributed by atoms with E-state index in [1.54, 1.807) is 12.1 Å². The van der Waals surface area contributed by atoms with Crippen molar-refractivity contribution in [2.24, 2.45) is 57.2 Å². The van der Waals surface area contributed by atoms with Crippen molar-refractivity contribution in [3.8, 4) is 0 Å². The maximum absolute atomic E-state index is 12.2. The summed E-state index contributed by atoms with van der Waals surface area (Å²) in [5, 5.41) is 16.7. The number of aromatic carboxylic acids is 1. The summed E-state index contributed by atoms with van der Waals surface area (Å²) in [5.41, 5.74) is 3.56. The summed E-state index contributed by atoms with van der Waals surface area (Å²) in [4.78, 5) is 23.8. The Morgan fingerprint density at radius 2 is 1.58 bits per heavy atom. The molecule has 5 aliphatic rings. The van der Waals surface area contributed by atoms with Crippen LogP contribution < -0.4 is 10.6 Å². The van der Waals surface area contributed by atoms with E-state index in [2.05, 4.69) is 65.2 Å². The maximum atomic E-state index is 12.2. The highest BCUT2D eigenvalue weighted by Gasteiger charge is 2.70. The van der Waals surface area contributed by atoms with Gasteiger partial charge in [-0.25, -0.2) is 9.59 Å². The number of benzene rings is 1. The minimum atomic E-state index is -0.864. The van der Waals surface area contributed by atoms with E-state index in [1.165, 1.54) is 62.5 Å². The van der Waals surface area contributed by atoms with Crippen LogP contribution in [-0.2, 0) is 4.74 Å². The van der Waals surface area contributed by atoms with Gasteiger partial charge in [-0.15, -0.1) is 0 Å². The molecule has 5 aliphatic carbocycles. The lowest BCUT2D eigenvalue weighted by atomic mass is 9.33. The number of alkyl carbamates (subject to hydrolysis) is 1. The SMILES string of the molecule is CC(C)[C@@H]1CC[C@]2(NCCCNC(=O)OC(C)(C)C)CC[C@]3(C)[C@H](CC[C@@H]4[C@@]5(C)CC=C(c6ccc(C(=O)O)cc6)C(C)(C)[C@@H]5CC[C@]43C)[C@@H]12. The van der Waals surface area contributed by atoms with E-state index in [0.29, 0.717) is 46.6 Å². The molecule has 6 nitrogen and oxygen atoms in total. The van der Waals surface area contributed by atoms with Gasteiger partial charge in [-0.05, 0) is 172 Å². The van der Waals surface area contributed by atoms with Crippen LogP contribution in [0.2, 0.25) is 0 Å². The van der Waals surface area contributed by atoms with E-state index in [9.17, 15) is 14.7 Å². The number of ether oxygens (including phenoxy) is 1. The zero-order valence-electron chi connectivity index (χ0n) is 33.0. The molecule has 278 valence electrons. The molecule has 1 amide bonds. The van der Waals surface area contributed by atoms with Crippen LogP contribution >= 0.6 is 0 Å². The molecule has 50 heavy (non-hydrogen) atoms. The first-order chi connectivity index (χ1) is 23.3. The first-order valence-corrected chi connectivity index (χ1v) is 20.1. The molecular weight excluding hydrogens is 620 g/mol. The smallest absolute Gasteiger partial charge is 0.407 e. The second-order valence-corrected chi connectivity index (χ2v) is 19.9. The molecule has 0 unspecified atom stereocenters. The van der Waals surface area contributed by atoms with Gasteiger partial charge in [-0.2, -0.15) is 0 Å². The van der Waals surface area contributed by atoms with Crippen LogP contribution in [0.1, 0.15) is 149 Å². The van der Waals surface area contributed by atoms with E-state index in [1.807, 2.05) is 32.9 Å². The molecule has 1 aromatic carbocycles. The molecule has 3 N–H and O–H groups in total. The standard InChI is InChI=1S/C44H68N2O4/c1-28(2)31-18-23-44(46-27-11-26-45-38(49)50-39(3,4)5)25-24-42(9)33(36(31)44)16-17-35-41(8)21-19-32(29-12-14-30(15-13-29)37(47)48)40(6,7)34(41)20-22-43(35,42)10/h12-15,19,28,31,33-36,46H,11,16-18,20-27H2,1-10H3,(H,45,49)(H,47,48)/t31-,33+,34-,35+,36+,41-,42+,43+,44-/m0/s1. The van der Waals surface area contributed by atoms with Crippen molar-refractivity contribution in [1.29, 1.82) is 0 Å². The Labute approximate surface area is 303 Å². The fraction of sp³-hybridized carbons (Fsp3) is 0.773. The number of hydrogen-bond donors (Lipinski definition) is 3. The van der Waals surface area contributed by atoms with Crippen molar-refractivity contribution < 1.29 is 19.4 Å². The Morgan fingerprint density at radius 1 is 0.880 bits per heavy atom. The second-order valence-electron chi connectivity index (χ2n) is 19.9. The molecule has 6 heteroatoms. The summed E-state index contributed by atoms with van der Waals surface area (Å²) in [7, 11) is 0. The normalized spacial score (nSPS) is 39.0. The van der Waals surface area contributed by atoms with Crippen molar-refractivity contribution in [1.82, 2.24) is 10.6 Å². The van der Waals surface area contributed by atoms with Gasteiger partial charge in [0.2, 0.25) is 0 Å². The second kappa shape index (κ2) is 13.0. The largest absolute Gasteiger partial charge is 0.478 e. The summed E-state index contributed by atoms with van der Waals surface area (Å²) in [5.74, 6) is 3.30. The highest BCUT2D eigenvalue weighted by molar-refractivity contribution is 5.88. The number of amides is 1. The molecule has 0 radical (unpaired) electrons. The summed E-state index contributed by atoms with van der Waals surface area (Å²) in [6.45, 7) is 25.3. The molecule has 4 fully saturated rings. The maximum Gasteiger partial charge on any atom is 0.407 e. The van der Waals surface area contributed by atoms with Gasteiger partial charge in [-0.3, -0.25) is 0 Å². The molecule has 1 aromatic rings. The Morgan fingerprint density at radius 3 is 2.22 bits per heavy atom. The van der Waals surface area contributed by atoms with E-state index >= 15 is 0 Å². The zero-order chi connectivity index (χ0) is 36.5. The van der Waals surface area contributed by atoms with Crippen LogP contribution in [0.4, 0.5) is 4.79 Å². The summed E-state index contributed by atoms with van der Waals surface area (Å²) < 4.78 is 5.46. The van der Waals surface area contributed by atoms with Crippen LogP contribution in [0.5, 0.6) is 0 Å². The highest BCUT2D eigenvalue weighted by atomic mass is 16.6. The van der Waals surface area contributed by atoms with E-state index in [0.717, 1.165) is 31.2 Å². The Bertz CT molecular complexity index is 1470. The molecule has 0 heterocycles. The predicted molar refractivity (Wildman–Crippen MR) is 203 cm³/mol. The van der Waals surface area contributed by atoms with Crippen molar-refractivity contribution >= 4 is 17.6 Å². The number of fused-ring (bicyclic) bond motifs is 7. The topological polar surface area (TPSA) is 87.7 Å². The number of rotatable bonds is 8. The average Bonchev–Trinajstić information content (AvgIpc) is 3.40. The van der Waals surface area contributed by atoms with Crippen molar-refractivity contribution in [2.75, 3.05) is 13.1 Å². The summed E-state index contributed by atoms with van der Waals surface area (Å²) in [6.07, 6.45) is 14.6. The van der Waals surface area contributed by atoms with Gasteiger partial charge >= 0.3 is 12.1 Å². The van der Waals surface area contributed by atoms with E-state index in [4.69, 9.17) is 4.74 Å². The van der Waals surface area contributed by atoms with E-state index in [-0.39, 0.29) is 22.5 Å². The molecule has 0 bridgehead atoms. The van der Waals surface area contributed by atoms with Crippen LogP contribution in [-0.4, -0.2) is 41.4 Å². The zero-order valence-corrected chi connectivity index (χ0v) is 33.0. The fourth-order valence-electron chi connectivity index (χ4n) is 13.5. The lowest BCUT2D eigenvalue weighted by Crippen LogP contribution is -2.68.